The molecular formula is C16H23NO2. The maximum absolute atomic E-state index is 11.8. The summed E-state index contributed by atoms with van der Waals surface area (Å²) < 4.78 is 5.45. The van der Waals surface area contributed by atoms with Gasteiger partial charge in [0.2, 0.25) is 5.91 Å². The van der Waals surface area contributed by atoms with Crippen molar-refractivity contribution in [2.75, 3.05) is 13.2 Å². The standard InChI is InChI=1S/C16H23NO2/c18-16(15-11-5-7-13-19-15)17-12-6-4-10-14-8-2-1-3-9-14/h1-3,8-9,15H,4-7,10-13H2,(H,17,18)/t15-/m0/s1. The van der Waals surface area contributed by atoms with Crippen molar-refractivity contribution < 1.29 is 9.53 Å². The van der Waals surface area contributed by atoms with E-state index in [-0.39, 0.29) is 12.0 Å². The molecule has 19 heavy (non-hydrogen) atoms. The molecule has 0 spiro atoms. The van der Waals surface area contributed by atoms with Crippen molar-refractivity contribution in [3.05, 3.63) is 35.9 Å². The number of carbonyl (C=O) groups is 1. The van der Waals surface area contributed by atoms with Gasteiger partial charge in [-0.15, -0.1) is 0 Å². The molecule has 0 bridgehead atoms. The van der Waals surface area contributed by atoms with Crippen LogP contribution in [0.1, 0.15) is 37.7 Å². The lowest BCUT2D eigenvalue weighted by Gasteiger charge is -2.21. The number of amides is 1. The molecule has 1 aliphatic rings. The maximum Gasteiger partial charge on any atom is 0.249 e. The minimum Gasteiger partial charge on any atom is -0.368 e. The molecule has 1 amide bonds. The van der Waals surface area contributed by atoms with Crippen LogP contribution >= 0.6 is 0 Å². The SMILES string of the molecule is O=C(NCCCCc1ccccc1)[C@@H]1CCCCO1. The molecule has 1 aromatic rings. The molecule has 0 radical (unpaired) electrons. The van der Waals surface area contributed by atoms with Crippen LogP contribution in [0.4, 0.5) is 0 Å². The monoisotopic (exact) mass is 261 g/mol. The molecular weight excluding hydrogens is 238 g/mol. The molecule has 3 nitrogen and oxygen atoms in total. The molecule has 1 aliphatic heterocycles. The predicted molar refractivity (Wildman–Crippen MR) is 76.0 cm³/mol. The first-order valence-electron chi connectivity index (χ1n) is 7.29. The average molecular weight is 261 g/mol. The molecule has 0 unspecified atom stereocenters. The fourth-order valence-corrected chi connectivity index (χ4v) is 2.37. The summed E-state index contributed by atoms with van der Waals surface area (Å²) in [7, 11) is 0. The highest BCUT2D eigenvalue weighted by Crippen LogP contribution is 2.12. The summed E-state index contributed by atoms with van der Waals surface area (Å²) >= 11 is 0. The first-order valence-corrected chi connectivity index (χ1v) is 7.29. The van der Waals surface area contributed by atoms with E-state index >= 15 is 0 Å². The van der Waals surface area contributed by atoms with Crippen LogP contribution < -0.4 is 5.32 Å². The van der Waals surface area contributed by atoms with Crippen molar-refractivity contribution in [1.82, 2.24) is 5.32 Å². The van der Waals surface area contributed by atoms with Gasteiger partial charge in [-0.25, -0.2) is 0 Å². The number of unbranched alkanes of at least 4 members (excludes halogenated alkanes) is 1. The highest BCUT2D eigenvalue weighted by Gasteiger charge is 2.20. The smallest absolute Gasteiger partial charge is 0.249 e. The van der Waals surface area contributed by atoms with Crippen LogP contribution in [0.2, 0.25) is 0 Å². The second-order valence-corrected chi connectivity index (χ2v) is 5.09. The lowest BCUT2D eigenvalue weighted by molar-refractivity contribution is -0.135. The summed E-state index contributed by atoms with van der Waals surface area (Å²) in [5, 5.41) is 2.97. The Kier molecular flexibility index (Phi) is 5.89. The van der Waals surface area contributed by atoms with Gasteiger partial charge in [-0.3, -0.25) is 4.79 Å². The van der Waals surface area contributed by atoms with E-state index in [0.29, 0.717) is 0 Å². The van der Waals surface area contributed by atoms with Gasteiger partial charge in [-0.1, -0.05) is 30.3 Å². The van der Waals surface area contributed by atoms with Gasteiger partial charge in [0.25, 0.3) is 0 Å². The van der Waals surface area contributed by atoms with E-state index in [0.717, 1.165) is 51.7 Å². The van der Waals surface area contributed by atoms with Gasteiger partial charge < -0.3 is 10.1 Å². The first-order chi connectivity index (χ1) is 9.36. The molecule has 1 atom stereocenters. The topological polar surface area (TPSA) is 38.3 Å². The van der Waals surface area contributed by atoms with Gasteiger partial charge in [-0.2, -0.15) is 0 Å². The Labute approximate surface area is 115 Å². The molecule has 0 saturated carbocycles. The Hall–Kier alpha value is -1.35. The number of hydrogen-bond donors (Lipinski definition) is 1. The summed E-state index contributed by atoms with van der Waals surface area (Å²) in [6, 6.07) is 10.5. The van der Waals surface area contributed by atoms with E-state index in [9.17, 15) is 4.79 Å². The summed E-state index contributed by atoms with van der Waals surface area (Å²) in [5.41, 5.74) is 1.37. The highest BCUT2D eigenvalue weighted by molar-refractivity contribution is 5.80. The van der Waals surface area contributed by atoms with E-state index in [1.165, 1.54) is 5.56 Å². The van der Waals surface area contributed by atoms with Crippen LogP contribution in [-0.4, -0.2) is 25.2 Å². The number of ether oxygens (including phenoxy) is 1. The molecule has 0 aromatic heterocycles. The van der Waals surface area contributed by atoms with Gasteiger partial charge >= 0.3 is 0 Å². The molecule has 104 valence electrons. The van der Waals surface area contributed by atoms with E-state index in [2.05, 4.69) is 29.6 Å². The summed E-state index contributed by atoms with van der Waals surface area (Å²) in [6.07, 6.45) is 6.06. The second kappa shape index (κ2) is 7.95. The van der Waals surface area contributed by atoms with Crippen LogP contribution in [0, 0.1) is 0 Å². The average Bonchev–Trinajstić information content (AvgIpc) is 2.49. The van der Waals surface area contributed by atoms with Crippen molar-refractivity contribution in [1.29, 1.82) is 0 Å². The third-order valence-corrected chi connectivity index (χ3v) is 3.51. The van der Waals surface area contributed by atoms with Crippen molar-refractivity contribution in [2.24, 2.45) is 0 Å². The lowest BCUT2D eigenvalue weighted by Crippen LogP contribution is -2.38. The summed E-state index contributed by atoms with van der Waals surface area (Å²) in [4.78, 5) is 11.8. The fourth-order valence-electron chi connectivity index (χ4n) is 2.37. The van der Waals surface area contributed by atoms with Gasteiger partial charge in [0.15, 0.2) is 0 Å². The van der Waals surface area contributed by atoms with Crippen molar-refractivity contribution in [3.8, 4) is 0 Å². The number of hydrogen-bond acceptors (Lipinski definition) is 2. The van der Waals surface area contributed by atoms with E-state index in [1.807, 2.05) is 6.07 Å². The lowest BCUT2D eigenvalue weighted by atomic mass is 10.1. The molecule has 1 fully saturated rings. The van der Waals surface area contributed by atoms with Crippen molar-refractivity contribution in [2.45, 2.75) is 44.6 Å². The van der Waals surface area contributed by atoms with Crippen molar-refractivity contribution in [3.63, 3.8) is 0 Å². The Morgan fingerprint density at radius 1 is 1.21 bits per heavy atom. The van der Waals surface area contributed by atoms with E-state index in [4.69, 9.17) is 4.74 Å². The van der Waals surface area contributed by atoms with Crippen LogP contribution in [0.15, 0.2) is 30.3 Å². The molecule has 1 heterocycles. The summed E-state index contributed by atoms with van der Waals surface area (Å²) in [5.74, 6) is 0.0689. The third kappa shape index (κ3) is 5.03. The minimum atomic E-state index is -0.206. The van der Waals surface area contributed by atoms with Crippen LogP contribution in [0.3, 0.4) is 0 Å². The molecule has 1 N–H and O–H groups in total. The number of rotatable bonds is 6. The second-order valence-electron chi connectivity index (χ2n) is 5.09. The number of carbonyl (C=O) groups excluding carboxylic acids is 1. The Balaban J connectivity index is 1.55. The van der Waals surface area contributed by atoms with Crippen LogP contribution in [-0.2, 0) is 16.0 Å². The number of nitrogens with one attached hydrogen (secondary N) is 1. The van der Waals surface area contributed by atoms with Gasteiger partial charge in [-0.05, 0) is 44.1 Å². The van der Waals surface area contributed by atoms with Crippen LogP contribution in [0.25, 0.3) is 0 Å². The number of benzene rings is 1. The maximum atomic E-state index is 11.8. The highest BCUT2D eigenvalue weighted by atomic mass is 16.5. The predicted octanol–water partition coefficient (Wildman–Crippen LogP) is 2.69. The Morgan fingerprint density at radius 2 is 2.05 bits per heavy atom. The third-order valence-electron chi connectivity index (χ3n) is 3.51. The molecule has 2 rings (SSSR count). The van der Waals surface area contributed by atoms with Crippen molar-refractivity contribution >= 4 is 5.91 Å². The quantitative estimate of drug-likeness (QED) is 0.800. The Bertz CT molecular complexity index is 372. The van der Waals surface area contributed by atoms with E-state index in [1.54, 1.807) is 0 Å². The molecule has 1 saturated heterocycles. The molecule has 0 aliphatic carbocycles. The Morgan fingerprint density at radius 3 is 2.79 bits per heavy atom. The zero-order valence-electron chi connectivity index (χ0n) is 11.4. The van der Waals surface area contributed by atoms with Crippen LogP contribution in [0.5, 0.6) is 0 Å². The normalized spacial score (nSPS) is 19.1. The van der Waals surface area contributed by atoms with Gasteiger partial charge in [0.1, 0.15) is 6.10 Å². The minimum absolute atomic E-state index is 0.0689. The fraction of sp³-hybridized carbons (Fsp3) is 0.562. The summed E-state index contributed by atoms with van der Waals surface area (Å²) in [6.45, 7) is 1.48. The zero-order chi connectivity index (χ0) is 13.3. The molecule has 3 heteroatoms. The largest absolute Gasteiger partial charge is 0.368 e. The van der Waals surface area contributed by atoms with E-state index < -0.39 is 0 Å². The molecule has 1 aromatic carbocycles. The zero-order valence-corrected chi connectivity index (χ0v) is 11.4. The number of aryl methyl sites for hydroxylation is 1. The van der Waals surface area contributed by atoms with Gasteiger partial charge in [0, 0.05) is 13.2 Å². The first kappa shape index (κ1) is 14.1. The van der Waals surface area contributed by atoms with Gasteiger partial charge in [0.05, 0.1) is 0 Å².